The molecule has 0 saturated carbocycles. The van der Waals surface area contributed by atoms with Crippen LogP contribution in [0.15, 0.2) is 33.8 Å². The summed E-state index contributed by atoms with van der Waals surface area (Å²) in [5.74, 6) is 0. The minimum absolute atomic E-state index is 0.511. The van der Waals surface area contributed by atoms with Gasteiger partial charge in [-0.05, 0) is 19.1 Å². The van der Waals surface area contributed by atoms with Crippen LogP contribution in [0.5, 0.6) is 0 Å². The number of nitriles is 2. The van der Waals surface area contributed by atoms with Gasteiger partial charge >= 0.3 is 0 Å². The Morgan fingerprint density at radius 3 is 2.93 bits per heavy atom. The molecule has 0 aromatic rings. The lowest BCUT2D eigenvalue weighted by atomic mass is 9.86. The normalized spacial score (nSPS) is 28.6. The van der Waals surface area contributed by atoms with E-state index in [1.165, 1.54) is 5.01 Å². The van der Waals surface area contributed by atoms with E-state index in [0.717, 1.165) is 5.70 Å². The van der Waals surface area contributed by atoms with E-state index in [0.29, 0.717) is 12.0 Å². The maximum Gasteiger partial charge on any atom is 0.208 e. The highest BCUT2D eigenvalue weighted by molar-refractivity contribution is 5.40. The van der Waals surface area contributed by atoms with Gasteiger partial charge in [0.15, 0.2) is 0 Å². The van der Waals surface area contributed by atoms with Crippen LogP contribution in [-0.2, 0) is 0 Å². The van der Waals surface area contributed by atoms with E-state index in [-0.39, 0.29) is 0 Å². The largest absolute Gasteiger partial charge is 0.208 e. The highest BCUT2D eigenvalue weighted by Crippen LogP contribution is 2.39. The highest BCUT2D eigenvalue weighted by atomic mass is 15.6. The highest BCUT2D eigenvalue weighted by Gasteiger charge is 2.40. The molecule has 1 aliphatic carbocycles. The Balaban J connectivity index is 2.44. The van der Waals surface area contributed by atoms with Crippen molar-refractivity contribution >= 4 is 0 Å². The molecular weight excluding hydrogens is 178 g/mol. The van der Waals surface area contributed by atoms with Gasteiger partial charge in [0.25, 0.3) is 0 Å². The fourth-order valence-electron chi connectivity index (χ4n) is 1.61. The topological polar surface area (TPSA) is 75.5 Å². The quantitative estimate of drug-likeness (QED) is 0.538. The summed E-state index contributed by atoms with van der Waals surface area (Å²) >= 11 is 0. The number of nitrogens with zero attached hydrogens (tertiary/aromatic N) is 5. The van der Waals surface area contributed by atoms with Crippen molar-refractivity contribution in [1.29, 1.82) is 10.5 Å². The lowest BCUT2D eigenvalue weighted by Crippen LogP contribution is -2.28. The molecule has 1 atom stereocenters. The van der Waals surface area contributed by atoms with Crippen LogP contribution < -0.4 is 0 Å². The van der Waals surface area contributed by atoms with Crippen LogP contribution in [0.2, 0.25) is 0 Å². The summed E-state index contributed by atoms with van der Waals surface area (Å²) in [5, 5.41) is 26.4. The van der Waals surface area contributed by atoms with E-state index in [1.54, 1.807) is 12.2 Å². The molecule has 2 aliphatic rings. The zero-order valence-corrected chi connectivity index (χ0v) is 7.60. The molecule has 0 fully saturated rings. The second-order valence-corrected chi connectivity index (χ2v) is 3.41. The smallest absolute Gasteiger partial charge is 0.193 e. The zero-order chi connectivity index (χ0) is 10.2. The second-order valence-electron chi connectivity index (χ2n) is 3.41. The Morgan fingerprint density at radius 1 is 1.50 bits per heavy atom. The standard InChI is InChI=1S/C9H7N5/c1-9-4-7(5-10)2-3-8(9)14(6-11)13-12-9/h2-3H,4H2,1H3. The van der Waals surface area contributed by atoms with Crippen molar-refractivity contribution in [1.82, 2.24) is 5.01 Å². The third kappa shape index (κ3) is 0.997. The van der Waals surface area contributed by atoms with E-state index in [9.17, 15) is 0 Å². The van der Waals surface area contributed by atoms with E-state index in [4.69, 9.17) is 10.5 Å². The molecule has 2 rings (SSSR count). The lowest BCUT2D eigenvalue weighted by Gasteiger charge is -2.23. The third-order valence-corrected chi connectivity index (χ3v) is 2.35. The first-order chi connectivity index (χ1) is 6.69. The van der Waals surface area contributed by atoms with Crippen LogP contribution in [0.3, 0.4) is 0 Å². The molecule has 0 bridgehead atoms. The molecular formula is C9H7N5. The summed E-state index contributed by atoms with van der Waals surface area (Å²) in [6.07, 6.45) is 5.86. The van der Waals surface area contributed by atoms with E-state index in [2.05, 4.69) is 16.4 Å². The Morgan fingerprint density at radius 2 is 2.29 bits per heavy atom. The molecule has 5 nitrogen and oxygen atoms in total. The van der Waals surface area contributed by atoms with Gasteiger partial charge in [-0.25, -0.2) is 0 Å². The van der Waals surface area contributed by atoms with Gasteiger partial charge in [0.2, 0.25) is 6.19 Å². The fraction of sp³-hybridized carbons (Fsp3) is 0.333. The van der Waals surface area contributed by atoms with E-state index >= 15 is 0 Å². The molecule has 1 unspecified atom stereocenters. The average molecular weight is 185 g/mol. The predicted octanol–water partition coefficient (Wildman–Crippen LogP) is 1.65. The summed E-state index contributed by atoms with van der Waals surface area (Å²) in [6.45, 7) is 1.87. The zero-order valence-electron chi connectivity index (χ0n) is 7.60. The first-order valence-electron chi connectivity index (χ1n) is 4.14. The molecule has 0 saturated heterocycles. The van der Waals surface area contributed by atoms with Crippen LogP contribution >= 0.6 is 0 Å². The Bertz CT molecular complexity index is 445. The Hall–Kier alpha value is -2.14. The van der Waals surface area contributed by atoms with E-state index < -0.39 is 5.54 Å². The van der Waals surface area contributed by atoms with Gasteiger partial charge in [0.05, 0.1) is 11.8 Å². The van der Waals surface area contributed by atoms with Crippen LogP contribution in [0.25, 0.3) is 0 Å². The molecule has 1 aliphatic heterocycles. The van der Waals surface area contributed by atoms with Crippen molar-refractivity contribution in [3.8, 4) is 12.3 Å². The van der Waals surface area contributed by atoms with Crippen molar-refractivity contribution in [3.63, 3.8) is 0 Å². The second kappa shape index (κ2) is 2.68. The fourth-order valence-corrected chi connectivity index (χ4v) is 1.61. The lowest BCUT2D eigenvalue weighted by molar-refractivity contribution is 0.478. The summed E-state index contributed by atoms with van der Waals surface area (Å²) in [6, 6.07) is 2.09. The number of hydrogen-bond acceptors (Lipinski definition) is 5. The Kier molecular flexibility index (Phi) is 1.62. The number of allylic oxidation sites excluding steroid dienone is 2. The monoisotopic (exact) mass is 185 g/mol. The SMILES string of the molecule is CC12CC(C#N)=CC=C1N(C#N)N=N2. The maximum atomic E-state index is 8.75. The molecule has 0 radical (unpaired) electrons. The molecule has 0 aromatic heterocycles. The number of hydrogen-bond donors (Lipinski definition) is 0. The summed E-state index contributed by atoms with van der Waals surface area (Å²) in [4.78, 5) is 0. The van der Waals surface area contributed by atoms with Gasteiger partial charge in [-0.2, -0.15) is 20.6 Å². The van der Waals surface area contributed by atoms with Crippen LogP contribution in [0, 0.1) is 22.8 Å². The van der Waals surface area contributed by atoms with Crippen molar-refractivity contribution in [2.45, 2.75) is 18.9 Å². The molecule has 5 heteroatoms. The molecule has 14 heavy (non-hydrogen) atoms. The van der Waals surface area contributed by atoms with Crippen LogP contribution in [0.4, 0.5) is 0 Å². The minimum Gasteiger partial charge on any atom is -0.193 e. The van der Waals surface area contributed by atoms with Gasteiger partial charge in [0, 0.05) is 12.0 Å². The Labute approximate surface area is 81.2 Å². The third-order valence-electron chi connectivity index (χ3n) is 2.35. The molecule has 0 N–H and O–H groups in total. The van der Waals surface area contributed by atoms with Crippen molar-refractivity contribution in [2.75, 3.05) is 0 Å². The van der Waals surface area contributed by atoms with Gasteiger partial charge < -0.3 is 0 Å². The van der Waals surface area contributed by atoms with E-state index in [1.807, 2.05) is 13.1 Å². The summed E-state index contributed by atoms with van der Waals surface area (Å²) < 4.78 is 0. The molecule has 1 heterocycles. The van der Waals surface area contributed by atoms with Crippen LogP contribution in [0.1, 0.15) is 13.3 Å². The molecule has 68 valence electrons. The average Bonchev–Trinajstić information content (AvgIpc) is 2.53. The van der Waals surface area contributed by atoms with Crippen molar-refractivity contribution < 1.29 is 0 Å². The molecule has 0 amide bonds. The minimum atomic E-state index is -0.532. The van der Waals surface area contributed by atoms with Gasteiger partial charge in [-0.1, -0.05) is 5.22 Å². The maximum absolute atomic E-state index is 8.75. The summed E-state index contributed by atoms with van der Waals surface area (Å²) in [5.41, 5.74) is 0.865. The predicted molar refractivity (Wildman–Crippen MR) is 47.1 cm³/mol. The van der Waals surface area contributed by atoms with Gasteiger partial charge in [-0.15, -0.1) is 0 Å². The van der Waals surface area contributed by atoms with Crippen molar-refractivity contribution in [3.05, 3.63) is 23.4 Å². The first kappa shape index (κ1) is 8.46. The molecule has 0 aromatic carbocycles. The first-order valence-corrected chi connectivity index (χ1v) is 4.14. The van der Waals surface area contributed by atoms with Crippen LogP contribution in [-0.4, -0.2) is 10.5 Å². The van der Waals surface area contributed by atoms with Gasteiger partial charge in [-0.3, -0.25) is 0 Å². The van der Waals surface area contributed by atoms with Crippen molar-refractivity contribution in [2.24, 2.45) is 10.3 Å². The number of fused-ring (bicyclic) bond motifs is 1. The molecule has 0 spiro atoms. The summed E-state index contributed by atoms with van der Waals surface area (Å²) in [7, 11) is 0. The number of rotatable bonds is 0. The van der Waals surface area contributed by atoms with Gasteiger partial charge in [0.1, 0.15) is 5.54 Å².